The van der Waals surface area contributed by atoms with E-state index in [-0.39, 0.29) is 11.9 Å². The topological polar surface area (TPSA) is 87.1 Å². The molecule has 0 saturated carbocycles. The summed E-state index contributed by atoms with van der Waals surface area (Å²) in [5.41, 5.74) is 3.40. The summed E-state index contributed by atoms with van der Waals surface area (Å²) in [5, 5.41) is 13.5. The van der Waals surface area contributed by atoms with Crippen LogP contribution in [0.2, 0.25) is 0 Å². The smallest absolute Gasteiger partial charge is 0.255 e. The standard InChI is InChI=1S/C17H20N6O/c24-17(13-11-21-22-16(13)14-3-1-2-5-18-14)20-10-12-4-7-23-8-6-19-15(23)9-12/h4,6-9,11,14,18H,1-3,5,10H2,(H,20,24)(H,21,22). The molecule has 3 aromatic heterocycles. The Morgan fingerprint density at radius 1 is 1.38 bits per heavy atom. The molecule has 3 N–H and O–H groups in total. The molecule has 0 aromatic carbocycles. The number of H-pyrrole nitrogens is 1. The van der Waals surface area contributed by atoms with Crippen molar-refractivity contribution < 1.29 is 4.79 Å². The number of carbonyl (C=O) groups is 1. The van der Waals surface area contributed by atoms with Gasteiger partial charge in [-0.15, -0.1) is 0 Å². The number of carbonyl (C=O) groups excluding carboxylic acids is 1. The van der Waals surface area contributed by atoms with Crippen LogP contribution in [0, 0.1) is 0 Å². The minimum Gasteiger partial charge on any atom is -0.348 e. The van der Waals surface area contributed by atoms with Gasteiger partial charge in [0.1, 0.15) is 5.65 Å². The summed E-state index contributed by atoms with van der Waals surface area (Å²) < 4.78 is 1.94. The van der Waals surface area contributed by atoms with E-state index in [1.807, 2.05) is 28.9 Å². The number of imidazole rings is 1. The molecular weight excluding hydrogens is 304 g/mol. The van der Waals surface area contributed by atoms with Crippen molar-refractivity contribution in [2.45, 2.75) is 31.8 Å². The molecule has 0 bridgehead atoms. The second-order valence-corrected chi connectivity index (χ2v) is 6.11. The van der Waals surface area contributed by atoms with Crippen molar-refractivity contribution in [1.82, 2.24) is 30.2 Å². The van der Waals surface area contributed by atoms with Gasteiger partial charge in [-0.25, -0.2) is 4.98 Å². The van der Waals surface area contributed by atoms with E-state index in [2.05, 4.69) is 25.8 Å². The fraction of sp³-hybridized carbons (Fsp3) is 0.353. The number of pyridine rings is 1. The Labute approximate surface area is 139 Å². The first kappa shape index (κ1) is 14.9. The number of piperidine rings is 1. The Bertz CT molecular complexity index is 846. The molecule has 0 spiro atoms. The molecule has 4 heterocycles. The Morgan fingerprint density at radius 3 is 3.21 bits per heavy atom. The van der Waals surface area contributed by atoms with Gasteiger partial charge in [0.05, 0.1) is 17.5 Å². The van der Waals surface area contributed by atoms with Crippen LogP contribution < -0.4 is 10.6 Å². The quantitative estimate of drug-likeness (QED) is 0.683. The number of nitrogens with one attached hydrogen (secondary N) is 3. The Kier molecular flexibility index (Phi) is 4.00. The summed E-state index contributed by atoms with van der Waals surface area (Å²) >= 11 is 0. The van der Waals surface area contributed by atoms with Gasteiger partial charge in [0.25, 0.3) is 5.91 Å². The average Bonchev–Trinajstić information content (AvgIpc) is 3.29. The third kappa shape index (κ3) is 2.90. The Morgan fingerprint density at radius 2 is 2.33 bits per heavy atom. The van der Waals surface area contributed by atoms with Crippen molar-refractivity contribution in [2.75, 3.05) is 6.54 Å². The first-order chi connectivity index (χ1) is 11.8. The highest BCUT2D eigenvalue weighted by atomic mass is 16.1. The van der Waals surface area contributed by atoms with Crippen molar-refractivity contribution in [3.8, 4) is 0 Å². The molecule has 3 aromatic rings. The van der Waals surface area contributed by atoms with Crippen LogP contribution in [-0.4, -0.2) is 32.0 Å². The maximum atomic E-state index is 12.5. The maximum absolute atomic E-state index is 12.5. The van der Waals surface area contributed by atoms with E-state index < -0.39 is 0 Å². The van der Waals surface area contributed by atoms with E-state index >= 15 is 0 Å². The average molecular weight is 324 g/mol. The number of aromatic nitrogens is 4. The van der Waals surface area contributed by atoms with Gasteiger partial charge in [-0.2, -0.15) is 5.10 Å². The Balaban J connectivity index is 1.45. The molecule has 1 aliphatic heterocycles. The second-order valence-electron chi connectivity index (χ2n) is 6.11. The molecule has 1 saturated heterocycles. The molecule has 1 aliphatic rings. The molecule has 1 atom stereocenters. The number of hydrogen-bond acceptors (Lipinski definition) is 4. The van der Waals surface area contributed by atoms with Crippen LogP contribution in [0.1, 0.15) is 46.9 Å². The molecule has 0 radical (unpaired) electrons. The third-order valence-corrected chi connectivity index (χ3v) is 4.49. The van der Waals surface area contributed by atoms with Crippen molar-refractivity contribution in [3.05, 3.63) is 53.7 Å². The van der Waals surface area contributed by atoms with E-state index in [4.69, 9.17) is 0 Å². The fourth-order valence-electron chi connectivity index (χ4n) is 3.18. The molecule has 1 amide bonds. The minimum atomic E-state index is -0.102. The maximum Gasteiger partial charge on any atom is 0.255 e. The van der Waals surface area contributed by atoms with Crippen LogP contribution >= 0.6 is 0 Å². The monoisotopic (exact) mass is 324 g/mol. The zero-order valence-corrected chi connectivity index (χ0v) is 13.3. The normalized spacial score (nSPS) is 17.9. The summed E-state index contributed by atoms with van der Waals surface area (Å²) in [6.07, 6.45) is 10.6. The van der Waals surface area contributed by atoms with Crippen molar-refractivity contribution in [3.63, 3.8) is 0 Å². The van der Waals surface area contributed by atoms with Crippen LogP contribution in [0.4, 0.5) is 0 Å². The molecule has 124 valence electrons. The fourth-order valence-corrected chi connectivity index (χ4v) is 3.18. The first-order valence-electron chi connectivity index (χ1n) is 8.28. The van der Waals surface area contributed by atoms with Gasteiger partial charge in [-0.3, -0.25) is 9.89 Å². The van der Waals surface area contributed by atoms with E-state index in [9.17, 15) is 4.79 Å². The van der Waals surface area contributed by atoms with Crippen LogP contribution in [0.15, 0.2) is 36.9 Å². The molecule has 7 nitrogen and oxygen atoms in total. The third-order valence-electron chi connectivity index (χ3n) is 4.49. The lowest BCUT2D eigenvalue weighted by molar-refractivity contribution is 0.0949. The van der Waals surface area contributed by atoms with Crippen LogP contribution in [0.3, 0.4) is 0 Å². The molecular formula is C17H20N6O. The van der Waals surface area contributed by atoms with Gasteiger partial charge >= 0.3 is 0 Å². The largest absolute Gasteiger partial charge is 0.348 e. The summed E-state index contributed by atoms with van der Waals surface area (Å²) in [5.74, 6) is -0.102. The van der Waals surface area contributed by atoms with E-state index in [1.54, 1.807) is 12.4 Å². The lowest BCUT2D eigenvalue weighted by Gasteiger charge is -2.23. The van der Waals surface area contributed by atoms with Gasteiger partial charge in [-0.05, 0) is 37.1 Å². The number of fused-ring (bicyclic) bond motifs is 1. The molecule has 0 aliphatic carbocycles. The highest BCUT2D eigenvalue weighted by molar-refractivity contribution is 5.95. The molecule has 4 rings (SSSR count). The number of nitrogens with zero attached hydrogens (tertiary/aromatic N) is 3. The van der Waals surface area contributed by atoms with Gasteiger partial charge in [0.15, 0.2) is 0 Å². The lowest BCUT2D eigenvalue weighted by atomic mass is 9.99. The highest BCUT2D eigenvalue weighted by Gasteiger charge is 2.22. The zero-order valence-electron chi connectivity index (χ0n) is 13.3. The summed E-state index contributed by atoms with van der Waals surface area (Å²) in [7, 11) is 0. The highest BCUT2D eigenvalue weighted by Crippen LogP contribution is 2.23. The summed E-state index contributed by atoms with van der Waals surface area (Å²) in [6, 6.07) is 4.14. The Hall–Kier alpha value is -2.67. The van der Waals surface area contributed by atoms with Crippen LogP contribution in [0.5, 0.6) is 0 Å². The van der Waals surface area contributed by atoms with Crippen LogP contribution in [0.25, 0.3) is 5.65 Å². The van der Waals surface area contributed by atoms with Gasteiger partial charge in [0.2, 0.25) is 0 Å². The van der Waals surface area contributed by atoms with E-state index in [0.29, 0.717) is 12.1 Å². The van der Waals surface area contributed by atoms with Gasteiger partial charge in [0, 0.05) is 31.2 Å². The number of rotatable bonds is 4. The molecule has 1 unspecified atom stereocenters. The van der Waals surface area contributed by atoms with Crippen molar-refractivity contribution >= 4 is 11.6 Å². The van der Waals surface area contributed by atoms with Crippen molar-refractivity contribution in [1.29, 1.82) is 0 Å². The molecule has 1 fully saturated rings. The number of hydrogen-bond donors (Lipinski definition) is 3. The van der Waals surface area contributed by atoms with Gasteiger partial charge in [-0.1, -0.05) is 6.42 Å². The van der Waals surface area contributed by atoms with E-state index in [1.165, 1.54) is 12.8 Å². The molecule has 7 heteroatoms. The lowest BCUT2D eigenvalue weighted by Crippen LogP contribution is -2.30. The van der Waals surface area contributed by atoms with Crippen molar-refractivity contribution in [2.24, 2.45) is 0 Å². The summed E-state index contributed by atoms with van der Waals surface area (Å²) in [6.45, 7) is 1.44. The van der Waals surface area contributed by atoms with E-state index in [0.717, 1.165) is 29.9 Å². The minimum absolute atomic E-state index is 0.102. The number of aromatic amines is 1. The zero-order chi connectivity index (χ0) is 16.4. The predicted octanol–water partition coefficient (Wildman–Crippen LogP) is 1.80. The first-order valence-corrected chi connectivity index (χ1v) is 8.28. The number of amides is 1. The predicted molar refractivity (Wildman–Crippen MR) is 89.5 cm³/mol. The van der Waals surface area contributed by atoms with Gasteiger partial charge < -0.3 is 15.0 Å². The SMILES string of the molecule is O=C(NCc1ccn2ccnc2c1)c1cn[nH]c1C1CCCCN1. The molecule has 24 heavy (non-hydrogen) atoms. The second kappa shape index (κ2) is 6.45. The van der Waals surface area contributed by atoms with Crippen LogP contribution in [-0.2, 0) is 6.54 Å². The summed E-state index contributed by atoms with van der Waals surface area (Å²) in [4.78, 5) is 16.8.